The van der Waals surface area contributed by atoms with Crippen LogP contribution in [0, 0.1) is 11.7 Å². The summed E-state index contributed by atoms with van der Waals surface area (Å²) in [5.41, 5.74) is 1.78. The van der Waals surface area contributed by atoms with E-state index in [9.17, 15) is 9.18 Å². The first kappa shape index (κ1) is 25.0. The van der Waals surface area contributed by atoms with E-state index in [1.54, 1.807) is 47.9 Å². The number of halogens is 2. The topological polar surface area (TPSA) is 99.4 Å². The number of imidazole rings is 1. The van der Waals surface area contributed by atoms with Crippen molar-refractivity contribution in [2.75, 3.05) is 6.61 Å². The second kappa shape index (κ2) is 9.97. The third-order valence-corrected chi connectivity index (χ3v) is 6.82. The van der Waals surface area contributed by atoms with E-state index in [0.717, 1.165) is 12.8 Å². The van der Waals surface area contributed by atoms with Gasteiger partial charge in [0, 0.05) is 11.1 Å². The summed E-state index contributed by atoms with van der Waals surface area (Å²) in [4.78, 5) is 24.6. The Balaban J connectivity index is 1.53. The zero-order valence-corrected chi connectivity index (χ0v) is 21.2. The maximum absolute atomic E-state index is 14.6. The Morgan fingerprint density at radius 3 is 2.73 bits per heavy atom. The van der Waals surface area contributed by atoms with Crippen molar-refractivity contribution < 1.29 is 23.8 Å². The molecular formula is C27H26ClFN4O4. The predicted octanol–water partition coefficient (Wildman–Crippen LogP) is 5.76. The summed E-state index contributed by atoms with van der Waals surface area (Å²) >= 11 is 6.68. The summed E-state index contributed by atoms with van der Waals surface area (Å²) in [7, 11) is 0. The monoisotopic (exact) mass is 524 g/mol. The lowest BCUT2D eigenvalue weighted by molar-refractivity contribution is -0.141. The molecule has 0 bridgehead atoms. The molecule has 4 aromatic rings. The van der Waals surface area contributed by atoms with Gasteiger partial charge in [-0.05, 0) is 50.5 Å². The highest BCUT2D eigenvalue weighted by Gasteiger charge is 2.41. The number of hydrogen-bond acceptors (Lipinski definition) is 6. The highest BCUT2D eigenvalue weighted by molar-refractivity contribution is 6.33. The van der Waals surface area contributed by atoms with Crippen molar-refractivity contribution in [1.82, 2.24) is 19.5 Å². The van der Waals surface area contributed by atoms with Crippen LogP contribution >= 0.6 is 11.6 Å². The number of nitrogens with zero attached hydrogens (tertiary/aromatic N) is 4. The van der Waals surface area contributed by atoms with Crippen LogP contribution in [0.1, 0.15) is 38.7 Å². The van der Waals surface area contributed by atoms with Crippen molar-refractivity contribution >= 4 is 28.7 Å². The average molecular weight is 525 g/mol. The normalized spacial score (nSPS) is 14.9. The molecule has 5 rings (SSSR count). The fourth-order valence-corrected chi connectivity index (χ4v) is 4.15. The summed E-state index contributed by atoms with van der Waals surface area (Å²) in [6, 6.07) is 11.7. The number of ether oxygens (including phenoxy) is 2. The van der Waals surface area contributed by atoms with E-state index in [1.807, 2.05) is 6.92 Å². The molecule has 0 spiro atoms. The lowest BCUT2D eigenvalue weighted by Gasteiger charge is -2.13. The lowest BCUT2D eigenvalue weighted by Crippen LogP contribution is -2.13. The van der Waals surface area contributed by atoms with Gasteiger partial charge in [0.05, 0.1) is 24.1 Å². The molecule has 1 saturated carbocycles. The van der Waals surface area contributed by atoms with Gasteiger partial charge >= 0.3 is 5.97 Å². The summed E-state index contributed by atoms with van der Waals surface area (Å²) in [5.74, 6) is -0.343. The van der Waals surface area contributed by atoms with Crippen molar-refractivity contribution in [3.63, 3.8) is 0 Å². The summed E-state index contributed by atoms with van der Waals surface area (Å²) < 4.78 is 28.3. The van der Waals surface area contributed by atoms with Crippen molar-refractivity contribution in [1.29, 1.82) is 0 Å². The third-order valence-electron chi connectivity index (χ3n) is 6.50. The fraction of sp³-hybridized carbons (Fsp3) is 0.333. The van der Waals surface area contributed by atoms with Crippen LogP contribution in [0.25, 0.3) is 22.6 Å². The van der Waals surface area contributed by atoms with Crippen LogP contribution < -0.4 is 9.47 Å². The zero-order valence-electron chi connectivity index (χ0n) is 20.4. The van der Waals surface area contributed by atoms with E-state index in [-0.39, 0.29) is 24.6 Å². The summed E-state index contributed by atoms with van der Waals surface area (Å²) in [6.07, 6.45) is 3.65. The Hall–Kier alpha value is -3.72. The van der Waals surface area contributed by atoms with Crippen molar-refractivity contribution in [2.24, 2.45) is 5.92 Å². The molecule has 2 heterocycles. The van der Waals surface area contributed by atoms with Gasteiger partial charge < -0.3 is 19.1 Å². The molecule has 1 aliphatic carbocycles. The van der Waals surface area contributed by atoms with Gasteiger partial charge in [0.2, 0.25) is 5.88 Å². The first-order valence-electron chi connectivity index (χ1n) is 12.0. The molecule has 1 fully saturated rings. The van der Waals surface area contributed by atoms with Crippen LogP contribution in [-0.2, 0) is 11.3 Å². The fourth-order valence-electron chi connectivity index (χ4n) is 3.90. The van der Waals surface area contributed by atoms with Gasteiger partial charge in [-0.25, -0.2) is 14.4 Å². The molecule has 1 unspecified atom stereocenters. The van der Waals surface area contributed by atoms with Gasteiger partial charge in [0.15, 0.2) is 11.2 Å². The van der Waals surface area contributed by atoms with Gasteiger partial charge in [0.25, 0.3) is 0 Å². The van der Waals surface area contributed by atoms with Gasteiger partial charge in [-0.1, -0.05) is 36.7 Å². The minimum Gasteiger partial charge on any atom is -0.494 e. The van der Waals surface area contributed by atoms with E-state index in [4.69, 9.17) is 31.2 Å². The minimum absolute atomic E-state index is 0.174. The van der Waals surface area contributed by atoms with E-state index in [0.29, 0.717) is 51.2 Å². The highest BCUT2D eigenvalue weighted by Crippen LogP contribution is 2.41. The first-order valence-corrected chi connectivity index (χ1v) is 12.4. The minimum atomic E-state index is -0.868. The molecule has 1 N–H and O–H groups in total. The molecule has 1 aliphatic rings. The zero-order chi connectivity index (χ0) is 26.2. The average Bonchev–Trinajstić information content (AvgIpc) is 3.48. The summed E-state index contributed by atoms with van der Waals surface area (Å²) in [6.45, 7) is 4.06. The van der Waals surface area contributed by atoms with Crippen molar-refractivity contribution in [2.45, 2.75) is 45.3 Å². The Bertz CT molecular complexity index is 1470. The molecular weight excluding hydrogens is 499 g/mol. The molecule has 0 amide bonds. The molecule has 0 radical (unpaired) electrons. The van der Waals surface area contributed by atoms with Crippen LogP contribution in [-0.4, -0.2) is 42.8 Å². The largest absolute Gasteiger partial charge is 0.494 e. The molecule has 0 aliphatic heterocycles. The molecule has 192 valence electrons. The van der Waals surface area contributed by atoms with Crippen LogP contribution in [0.3, 0.4) is 0 Å². The number of carboxylic acids is 1. The predicted molar refractivity (Wildman–Crippen MR) is 136 cm³/mol. The maximum Gasteiger partial charge on any atom is 0.306 e. The number of rotatable bonds is 10. The molecule has 1 atom stereocenters. The number of hydrogen-bond donors (Lipinski definition) is 1. The third kappa shape index (κ3) is 5.36. The SMILES string of the molecule is CC(CCOc1ccc(-c2nc3c(OC4(C)CC4)ncnc3n2Cc2ccccc2F)c(Cl)c1)C(=O)O. The van der Waals surface area contributed by atoms with E-state index < -0.39 is 11.9 Å². The number of aliphatic carboxylic acids is 1. The number of benzene rings is 2. The van der Waals surface area contributed by atoms with E-state index >= 15 is 0 Å². The smallest absolute Gasteiger partial charge is 0.306 e. The standard InChI is InChI=1S/C27H26ClFN4O4/c1-16(26(34)35)9-12-36-18-7-8-19(20(28)13-18)23-32-22-24(30-15-31-25(22)37-27(2)10-11-27)33(23)14-17-5-3-4-6-21(17)29/h3-8,13,15-16H,9-12,14H2,1-2H3,(H,34,35). The van der Waals surface area contributed by atoms with E-state index in [1.165, 1.54) is 12.4 Å². The van der Waals surface area contributed by atoms with Crippen LogP contribution in [0.15, 0.2) is 48.8 Å². The molecule has 10 heteroatoms. The molecule has 2 aromatic heterocycles. The number of carboxylic acid groups (broad SMARTS) is 1. The van der Waals surface area contributed by atoms with Crippen molar-refractivity contribution in [3.8, 4) is 23.0 Å². The van der Waals surface area contributed by atoms with Crippen LogP contribution in [0.5, 0.6) is 11.6 Å². The molecule has 8 nitrogen and oxygen atoms in total. The number of fused-ring (bicyclic) bond motifs is 1. The second-order valence-corrected chi connectivity index (χ2v) is 9.94. The number of carbonyl (C=O) groups is 1. The van der Waals surface area contributed by atoms with Gasteiger partial charge in [-0.2, -0.15) is 4.98 Å². The Labute approximate surface area is 218 Å². The summed E-state index contributed by atoms with van der Waals surface area (Å²) in [5, 5.41) is 9.43. The maximum atomic E-state index is 14.6. The van der Waals surface area contributed by atoms with Gasteiger partial charge in [-0.3, -0.25) is 4.79 Å². The lowest BCUT2D eigenvalue weighted by atomic mass is 10.1. The number of aromatic nitrogens is 4. The van der Waals surface area contributed by atoms with Crippen LogP contribution in [0.4, 0.5) is 4.39 Å². The highest BCUT2D eigenvalue weighted by atomic mass is 35.5. The van der Waals surface area contributed by atoms with E-state index in [2.05, 4.69) is 9.97 Å². The second-order valence-electron chi connectivity index (χ2n) is 9.53. The Morgan fingerprint density at radius 2 is 2.03 bits per heavy atom. The first-order chi connectivity index (χ1) is 17.7. The van der Waals surface area contributed by atoms with Crippen LogP contribution in [0.2, 0.25) is 5.02 Å². The van der Waals surface area contributed by atoms with Gasteiger partial charge in [-0.15, -0.1) is 0 Å². The molecule has 0 saturated heterocycles. The molecule has 2 aromatic carbocycles. The Morgan fingerprint density at radius 1 is 1.24 bits per heavy atom. The van der Waals surface area contributed by atoms with Gasteiger partial charge in [0.1, 0.15) is 29.3 Å². The quantitative estimate of drug-likeness (QED) is 0.282. The molecule has 37 heavy (non-hydrogen) atoms. The Kier molecular flexibility index (Phi) is 6.72. The van der Waals surface area contributed by atoms with Crippen molar-refractivity contribution in [3.05, 3.63) is 65.2 Å².